The van der Waals surface area contributed by atoms with Crippen molar-refractivity contribution in [1.82, 2.24) is 4.90 Å². The van der Waals surface area contributed by atoms with Crippen LogP contribution in [-0.2, 0) is 11.8 Å². The predicted octanol–water partition coefficient (Wildman–Crippen LogP) is 4.32. The van der Waals surface area contributed by atoms with Crippen LogP contribution in [0, 0.1) is 11.7 Å². The van der Waals surface area contributed by atoms with Crippen LogP contribution in [0.25, 0.3) is 0 Å². The molecule has 2 bridgehead atoms. The van der Waals surface area contributed by atoms with E-state index in [2.05, 4.69) is 38.7 Å². The van der Waals surface area contributed by atoms with Crippen molar-refractivity contribution in [3.63, 3.8) is 0 Å². The fourth-order valence-corrected chi connectivity index (χ4v) is 4.21. The number of piperidine rings is 1. The average Bonchev–Trinajstić information content (AvgIpc) is 2.43. The number of allylic oxidation sites excluding steroid dienone is 1. The Morgan fingerprint density at radius 3 is 2.90 bits per heavy atom. The smallest absolute Gasteiger partial charge is 0.123 e. The lowest BCUT2D eigenvalue weighted by Crippen LogP contribution is -2.57. The van der Waals surface area contributed by atoms with Gasteiger partial charge >= 0.3 is 0 Å². The molecule has 1 aromatic rings. The van der Waals surface area contributed by atoms with Gasteiger partial charge in [-0.15, -0.1) is 0 Å². The van der Waals surface area contributed by atoms with E-state index in [9.17, 15) is 4.39 Å². The maximum absolute atomic E-state index is 13.7. The fourth-order valence-electron chi connectivity index (χ4n) is 4.21. The third-order valence-electron chi connectivity index (χ3n) is 5.82. The van der Waals surface area contributed by atoms with E-state index in [1.807, 2.05) is 6.07 Å². The van der Waals surface area contributed by atoms with Crippen molar-refractivity contribution in [3.8, 4) is 0 Å². The van der Waals surface area contributed by atoms with Gasteiger partial charge in [0, 0.05) is 12.6 Å². The molecule has 1 fully saturated rings. The number of benzene rings is 1. The second-order valence-electron chi connectivity index (χ2n) is 7.31. The predicted molar refractivity (Wildman–Crippen MR) is 86.0 cm³/mol. The van der Waals surface area contributed by atoms with Crippen molar-refractivity contribution in [2.75, 3.05) is 13.1 Å². The van der Waals surface area contributed by atoms with E-state index in [0.29, 0.717) is 12.0 Å². The largest absolute Gasteiger partial charge is 0.296 e. The minimum absolute atomic E-state index is 0.0902. The molecule has 3 atom stereocenters. The monoisotopic (exact) mass is 286 g/mol. The van der Waals surface area contributed by atoms with Crippen LogP contribution in [0.4, 0.5) is 4.39 Å². The molecule has 1 aliphatic carbocycles. The van der Waals surface area contributed by atoms with Gasteiger partial charge in [0.15, 0.2) is 0 Å². The molecular weight excluding hydrogens is 260 g/mol. The number of fused-ring (bicyclic) bond motifs is 4. The third-order valence-corrected chi connectivity index (χ3v) is 5.82. The molecule has 0 aromatic heterocycles. The van der Waals surface area contributed by atoms with Crippen LogP contribution < -0.4 is 0 Å². The van der Waals surface area contributed by atoms with Crippen molar-refractivity contribution in [3.05, 3.63) is 46.8 Å². The summed E-state index contributed by atoms with van der Waals surface area (Å²) < 4.78 is 13.7. The molecule has 2 heteroatoms. The van der Waals surface area contributed by atoms with Gasteiger partial charge < -0.3 is 0 Å². The molecule has 1 heterocycles. The Kier molecular flexibility index (Phi) is 3.69. The van der Waals surface area contributed by atoms with Gasteiger partial charge in [-0.05, 0) is 67.8 Å². The first-order valence-electron chi connectivity index (χ1n) is 8.08. The van der Waals surface area contributed by atoms with E-state index < -0.39 is 0 Å². The second-order valence-corrected chi connectivity index (χ2v) is 7.31. The van der Waals surface area contributed by atoms with E-state index >= 15 is 0 Å². The highest BCUT2D eigenvalue weighted by Gasteiger charge is 2.48. The summed E-state index contributed by atoms with van der Waals surface area (Å²) in [6.07, 6.45) is 4.51. The van der Waals surface area contributed by atoms with Gasteiger partial charge in [-0.1, -0.05) is 31.6 Å². The molecule has 3 rings (SSSR count). The van der Waals surface area contributed by atoms with Crippen LogP contribution in [0.15, 0.2) is 29.8 Å². The van der Waals surface area contributed by atoms with Crippen LogP contribution in [0.1, 0.15) is 45.2 Å². The molecule has 0 N–H and O–H groups in total. The maximum Gasteiger partial charge on any atom is 0.123 e. The van der Waals surface area contributed by atoms with Gasteiger partial charge in [0.1, 0.15) is 5.82 Å². The number of likely N-dealkylation sites (tertiary alicyclic amines) is 1. The first-order valence-corrected chi connectivity index (χ1v) is 8.08. The molecule has 114 valence electrons. The summed E-state index contributed by atoms with van der Waals surface area (Å²) in [7, 11) is 0. The number of nitrogens with zero attached hydrogens (tertiary/aromatic N) is 1. The molecule has 0 saturated carbocycles. The standard InChI is InChI=1S/C19H26FN/c1-13(2)7-9-21-10-8-19(4)14(3)18(21)11-15-5-6-16(20)12-17(15)19/h5-7,12,14,18H,8-11H2,1-4H3/t14-,18+,19-/m0/s1/i20-1. The second kappa shape index (κ2) is 5.24. The van der Waals surface area contributed by atoms with E-state index in [1.165, 1.54) is 16.7 Å². The summed E-state index contributed by atoms with van der Waals surface area (Å²) in [6, 6.07) is 5.99. The molecule has 1 saturated heterocycles. The molecule has 0 amide bonds. The zero-order chi connectivity index (χ0) is 15.2. The zero-order valence-electron chi connectivity index (χ0n) is 13.6. The maximum atomic E-state index is 13.7. The molecule has 21 heavy (non-hydrogen) atoms. The molecule has 0 radical (unpaired) electrons. The van der Waals surface area contributed by atoms with Gasteiger partial charge in [-0.25, -0.2) is 4.39 Å². The third kappa shape index (κ3) is 2.44. The van der Waals surface area contributed by atoms with Gasteiger partial charge in [-0.2, -0.15) is 0 Å². The average molecular weight is 286 g/mol. The van der Waals surface area contributed by atoms with Gasteiger partial charge in [0.2, 0.25) is 0 Å². The summed E-state index contributed by atoms with van der Waals surface area (Å²) in [5.41, 5.74) is 4.12. The first kappa shape index (κ1) is 14.8. The number of halogens is 1. The van der Waals surface area contributed by atoms with Crippen LogP contribution in [0.2, 0.25) is 0 Å². The normalized spacial score (nSPS) is 31.7. The topological polar surface area (TPSA) is 3.24 Å². The number of hydrogen-bond acceptors (Lipinski definition) is 1. The van der Waals surface area contributed by atoms with E-state index in [-0.39, 0.29) is 11.2 Å². The Labute approximate surface area is 127 Å². The summed E-state index contributed by atoms with van der Waals surface area (Å²) in [5, 5.41) is 0. The highest BCUT2D eigenvalue weighted by Crippen LogP contribution is 2.48. The van der Waals surface area contributed by atoms with Crippen LogP contribution in [-0.4, -0.2) is 24.0 Å². The lowest BCUT2D eigenvalue weighted by atomic mass is 9.59. The summed E-state index contributed by atoms with van der Waals surface area (Å²) in [4.78, 5) is 2.62. The minimum Gasteiger partial charge on any atom is -0.296 e. The van der Waals surface area contributed by atoms with Gasteiger partial charge in [0.25, 0.3) is 0 Å². The van der Waals surface area contributed by atoms with Crippen LogP contribution in [0.3, 0.4) is 0 Å². The summed E-state index contributed by atoms with van der Waals surface area (Å²) in [6.45, 7) is 11.2. The SMILES string of the molecule is CC(C)=CCN1CC[C@]2(C)c3cc([18F])ccc3C[C@@H]1[C@@H]2C. The van der Waals surface area contributed by atoms with Gasteiger partial charge in [0.05, 0.1) is 0 Å². The van der Waals surface area contributed by atoms with Crippen LogP contribution >= 0.6 is 0 Å². The highest BCUT2D eigenvalue weighted by molar-refractivity contribution is 5.40. The quantitative estimate of drug-likeness (QED) is 0.732. The van der Waals surface area contributed by atoms with Crippen molar-refractivity contribution in [2.24, 2.45) is 5.92 Å². The Hall–Kier alpha value is -1.15. The minimum atomic E-state index is -0.0902. The summed E-state index contributed by atoms with van der Waals surface area (Å²) >= 11 is 0. The van der Waals surface area contributed by atoms with E-state index in [4.69, 9.17) is 0 Å². The Morgan fingerprint density at radius 1 is 1.43 bits per heavy atom. The van der Waals surface area contributed by atoms with Crippen molar-refractivity contribution < 1.29 is 4.39 Å². The molecule has 1 aromatic carbocycles. The van der Waals surface area contributed by atoms with Crippen molar-refractivity contribution in [1.29, 1.82) is 0 Å². The lowest BCUT2D eigenvalue weighted by Gasteiger charge is -2.54. The van der Waals surface area contributed by atoms with Gasteiger partial charge in [-0.3, -0.25) is 4.90 Å². The Morgan fingerprint density at radius 2 is 2.19 bits per heavy atom. The van der Waals surface area contributed by atoms with Crippen LogP contribution in [0.5, 0.6) is 0 Å². The van der Waals surface area contributed by atoms with E-state index in [0.717, 1.165) is 25.9 Å². The molecule has 1 aliphatic heterocycles. The zero-order valence-corrected chi connectivity index (χ0v) is 13.6. The first-order chi connectivity index (χ1) is 9.91. The number of rotatable bonds is 2. The summed E-state index contributed by atoms with van der Waals surface area (Å²) in [5.74, 6) is 0.485. The lowest BCUT2D eigenvalue weighted by molar-refractivity contribution is 0.0396. The Balaban J connectivity index is 1.96. The number of hydrogen-bond donors (Lipinski definition) is 0. The Bertz CT molecular complexity index is 573. The molecule has 1 nitrogen and oxygen atoms in total. The molecule has 0 unspecified atom stereocenters. The van der Waals surface area contributed by atoms with Crippen molar-refractivity contribution >= 4 is 0 Å². The fraction of sp³-hybridized carbons (Fsp3) is 0.579. The molecular formula is C19H26FN. The molecule has 0 spiro atoms. The highest BCUT2D eigenvalue weighted by atomic mass is 18.2. The van der Waals surface area contributed by atoms with Crippen molar-refractivity contribution in [2.45, 2.75) is 52.0 Å². The molecule has 2 aliphatic rings. The van der Waals surface area contributed by atoms with E-state index in [1.54, 1.807) is 12.1 Å².